The van der Waals surface area contributed by atoms with Crippen LogP contribution in [0.2, 0.25) is 0 Å². The molecular formula is C23H26FN3O2S. The maximum Gasteiger partial charge on any atom is 0.191 e. The fourth-order valence-electron chi connectivity index (χ4n) is 2.90. The molecule has 1 aromatic heterocycles. The number of thioether (sulfide) groups is 1. The van der Waals surface area contributed by atoms with Crippen LogP contribution in [-0.2, 0) is 19.6 Å². The molecule has 30 heavy (non-hydrogen) atoms. The molecule has 158 valence electrons. The molecule has 3 aromatic rings. The lowest BCUT2D eigenvalue weighted by molar-refractivity contribution is 0.102. The highest BCUT2D eigenvalue weighted by molar-refractivity contribution is 7.99. The first-order valence-corrected chi connectivity index (χ1v) is 11.0. The Hall–Kier alpha value is -2.67. The highest BCUT2D eigenvalue weighted by Crippen LogP contribution is 2.22. The van der Waals surface area contributed by atoms with Gasteiger partial charge in [0.2, 0.25) is 0 Å². The van der Waals surface area contributed by atoms with Crippen molar-refractivity contribution in [1.82, 2.24) is 14.8 Å². The van der Waals surface area contributed by atoms with E-state index in [0.29, 0.717) is 23.2 Å². The summed E-state index contributed by atoms with van der Waals surface area (Å²) in [6.07, 6.45) is 0.986. The summed E-state index contributed by atoms with van der Waals surface area (Å²) in [7, 11) is 0. The average molecular weight is 428 g/mol. The predicted octanol–water partition coefficient (Wildman–Crippen LogP) is 5.19. The van der Waals surface area contributed by atoms with Gasteiger partial charge in [0.25, 0.3) is 0 Å². The number of hydrogen-bond acceptors (Lipinski definition) is 5. The number of hydrogen-bond donors (Lipinski definition) is 0. The van der Waals surface area contributed by atoms with Crippen LogP contribution >= 0.6 is 11.8 Å². The van der Waals surface area contributed by atoms with E-state index in [4.69, 9.17) is 4.74 Å². The highest BCUT2D eigenvalue weighted by atomic mass is 32.2. The summed E-state index contributed by atoms with van der Waals surface area (Å²) in [6, 6.07) is 13.6. The van der Waals surface area contributed by atoms with Crippen molar-refractivity contribution >= 4 is 17.5 Å². The molecule has 0 atom stereocenters. The Morgan fingerprint density at radius 3 is 2.43 bits per heavy atom. The van der Waals surface area contributed by atoms with Gasteiger partial charge in [0.15, 0.2) is 16.8 Å². The van der Waals surface area contributed by atoms with Crippen molar-refractivity contribution in [2.45, 2.75) is 45.5 Å². The number of ketones is 1. The van der Waals surface area contributed by atoms with Gasteiger partial charge in [0.05, 0.1) is 5.75 Å². The monoisotopic (exact) mass is 427 g/mol. The average Bonchev–Trinajstić information content (AvgIpc) is 3.12. The van der Waals surface area contributed by atoms with E-state index in [1.54, 1.807) is 0 Å². The van der Waals surface area contributed by atoms with E-state index >= 15 is 0 Å². The Balaban J connectivity index is 1.67. The van der Waals surface area contributed by atoms with Gasteiger partial charge < -0.3 is 9.30 Å². The van der Waals surface area contributed by atoms with Gasteiger partial charge in [0.1, 0.15) is 18.2 Å². The minimum Gasteiger partial charge on any atom is -0.486 e. The zero-order valence-corrected chi connectivity index (χ0v) is 18.3. The maximum atomic E-state index is 13.1. The summed E-state index contributed by atoms with van der Waals surface area (Å²) < 4.78 is 21.0. The first-order valence-electron chi connectivity index (χ1n) is 10.0. The number of nitrogens with zero attached hydrogens (tertiary/aromatic N) is 3. The van der Waals surface area contributed by atoms with Crippen LogP contribution in [0.4, 0.5) is 4.39 Å². The van der Waals surface area contributed by atoms with Crippen molar-refractivity contribution < 1.29 is 13.9 Å². The molecule has 0 unspecified atom stereocenters. The third-order valence-corrected chi connectivity index (χ3v) is 5.51. The lowest BCUT2D eigenvalue weighted by Crippen LogP contribution is -2.13. The lowest BCUT2D eigenvalue weighted by atomic mass is 10.1. The van der Waals surface area contributed by atoms with Gasteiger partial charge in [-0.2, -0.15) is 0 Å². The molecular weight excluding hydrogens is 401 g/mol. The molecule has 0 radical (unpaired) electrons. The van der Waals surface area contributed by atoms with Gasteiger partial charge >= 0.3 is 0 Å². The zero-order valence-electron chi connectivity index (χ0n) is 17.5. The number of rotatable bonds is 10. The molecule has 0 fully saturated rings. The fraction of sp³-hybridized carbons (Fsp3) is 0.348. The van der Waals surface area contributed by atoms with E-state index < -0.39 is 0 Å². The van der Waals surface area contributed by atoms with E-state index in [1.807, 2.05) is 16.7 Å². The molecule has 1 heterocycles. The highest BCUT2D eigenvalue weighted by Gasteiger charge is 2.16. The molecule has 2 aromatic carbocycles. The first kappa shape index (κ1) is 22.0. The molecule has 3 rings (SSSR count). The van der Waals surface area contributed by atoms with Crippen LogP contribution in [0.25, 0.3) is 0 Å². The van der Waals surface area contributed by atoms with Crippen LogP contribution in [0.3, 0.4) is 0 Å². The maximum absolute atomic E-state index is 13.1. The molecule has 0 aliphatic heterocycles. The van der Waals surface area contributed by atoms with Gasteiger partial charge in [-0.05, 0) is 54.3 Å². The molecule has 0 bridgehead atoms. The zero-order chi connectivity index (χ0) is 21.5. The molecule has 0 N–H and O–H groups in total. The Morgan fingerprint density at radius 1 is 1.10 bits per heavy atom. The standard InChI is InChI=1S/C23H26FN3O2S/c1-4-17-5-11-20(12-6-17)29-14-22-25-26-23(27(22)13-16(2)3)30-15-21(28)18-7-9-19(24)10-8-18/h5-12,16H,4,13-15H2,1-3H3. The molecule has 5 nitrogen and oxygen atoms in total. The largest absolute Gasteiger partial charge is 0.486 e. The van der Waals surface area contributed by atoms with Crippen LogP contribution in [0.5, 0.6) is 5.75 Å². The quantitative estimate of drug-likeness (QED) is 0.329. The number of Topliss-reactive ketones (excluding diaryl/α,β-unsaturated/α-hetero) is 1. The summed E-state index contributed by atoms with van der Waals surface area (Å²) in [5.74, 6) is 1.67. The molecule has 0 saturated carbocycles. The van der Waals surface area contributed by atoms with Crippen molar-refractivity contribution in [2.75, 3.05) is 5.75 Å². The normalized spacial score (nSPS) is 11.1. The predicted molar refractivity (Wildman–Crippen MR) is 116 cm³/mol. The summed E-state index contributed by atoms with van der Waals surface area (Å²) >= 11 is 1.33. The van der Waals surface area contributed by atoms with Crippen LogP contribution < -0.4 is 4.74 Å². The summed E-state index contributed by atoms with van der Waals surface area (Å²) in [6.45, 7) is 7.38. The molecule has 0 amide bonds. The summed E-state index contributed by atoms with van der Waals surface area (Å²) in [4.78, 5) is 12.4. The summed E-state index contributed by atoms with van der Waals surface area (Å²) in [5.41, 5.74) is 1.74. The minimum absolute atomic E-state index is 0.0760. The van der Waals surface area contributed by atoms with E-state index in [2.05, 4.69) is 43.1 Å². The van der Waals surface area contributed by atoms with Crippen molar-refractivity contribution in [1.29, 1.82) is 0 Å². The van der Waals surface area contributed by atoms with Crippen molar-refractivity contribution in [3.05, 3.63) is 71.3 Å². The lowest BCUT2D eigenvalue weighted by Gasteiger charge is -2.13. The second kappa shape index (κ2) is 10.4. The van der Waals surface area contributed by atoms with Gasteiger partial charge in [-0.15, -0.1) is 10.2 Å². The van der Waals surface area contributed by atoms with Crippen LogP contribution in [-0.4, -0.2) is 26.3 Å². The van der Waals surface area contributed by atoms with Crippen LogP contribution in [0.15, 0.2) is 53.7 Å². The van der Waals surface area contributed by atoms with E-state index in [0.717, 1.165) is 24.5 Å². The minimum atomic E-state index is -0.357. The SMILES string of the molecule is CCc1ccc(OCc2nnc(SCC(=O)c3ccc(F)cc3)n2CC(C)C)cc1. The van der Waals surface area contributed by atoms with E-state index in [1.165, 1.54) is 41.6 Å². The van der Waals surface area contributed by atoms with Gasteiger partial charge in [-0.25, -0.2) is 4.39 Å². The Labute approximate surface area is 180 Å². The number of aromatic nitrogens is 3. The molecule has 0 aliphatic carbocycles. The molecule has 0 spiro atoms. The topological polar surface area (TPSA) is 57.0 Å². The number of carbonyl (C=O) groups excluding carboxylic acids is 1. The fourth-order valence-corrected chi connectivity index (χ4v) is 3.76. The Morgan fingerprint density at radius 2 is 1.80 bits per heavy atom. The van der Waals surface area contributed by atoms with Crippen molar-refractivity contribution in [3.8, 4) is 5.75 Å². The first-order chi connectivity index (χ1) is 14.5. The molecule has 0 saturated heterocycles. The Kier molecular flexibility index (Phi) is 7.63. The number of benzene rings is 2. The molecule has 7 heteroatoms. The second-order valence-corrected chi connectivity index (χ2v) is 8.35. The van der Waals surface area contributed by atoms with Crippen LogP contribution in [0, 0.1) is 11.7 Å². The second-order valence-electron chi connectivity index (χ2n) is 7.41. The van der Waals surface area contributed by atoms with Gasteiger partial charge in [0, 0.05) is 12.1 Å². The third-order valence-electron chi connectivity index (χ3n) is 4.54. The molecule has 0 aliphatic rings. The number of ether oxygens (including phenoxy) is 1. The van der Waals surface area contributed by atoms with E-state index in [-0.39, 0.29) is 17.4 Å². The number of carbonyl (C=O) groups is 1. The smallest absolute Gasteiger partial charge is 0.191 e. The third kappa shape index (κ3) is 5.92. The summed E-state index contributed by atoms with van der Waals surface area (Å²) in [5, 5.41) is 9.24. The van der Waals surface area contributed by atoms with E-state index in [9.17, 15) is 9.18 Å². The number of aryl methyl sites for hydroxylation is 1. The number of halogens is 1. The van der Waals surface area contributed by atoms with Gasteiger partial charge in [-0.1, -0.05) is 44.7 Å². The van der Waals surface area contributed by atoms with Crippen LogP contribution in [0.1, 0.15) is 42.5 Å². The van der Waals surface area contributed by atoms with Crippen molar-refractivity contribution in [3.63, 3.8) is 0 Å². The van der Waals surface area contributed by atoms with Crippen molar-refractivity contribution in [2.24, 2.45) is 5.92 Å². The Bertz CT molecular complexity index is 969. The van der Waals surface area contributed by atoms with Gasteiger partial charge in [-0.3, -0.25) is 4.79 Å².